The summed E-state index contributed by atoms with van der Waals surface area (Å²) in [6.07, 6.45) is 10.6. The lowest BCUT2D eigenvalue weighted by molar-refractivity contribution is 0.331. The highest BCUT2D eigenvalue weighted by atomic mass is 15.2. The summed E-state index contributed by atoms with van der Waals surface area (Å²) in [5.41, 5.74) is 27.2. The molecule has 1 aliphatic heterocycles. The molecule has 0 unspecified atom stereocenters. The number of rotatable bonds is 8. The van der Waals surface area contributed by atoms with Gasteiger partial charge in [-0.3, -0.25) is 0 Å². The molecular weight excluding hydrogens is 757 g/mol. The van der Waals surface area contributed by atoms with Crippen LogP contribution in [0.1, 0.15) is 100 Å². The van der Waals surface area contributed by atoms with E-state index in [9.17, 15) is 0 Å². The van der Waals surface area contributed by atoms with E-state index < -0.39 is 0 Å². The van der Waals surface area contributed by atoms with E-state index in [2.05, 4.69) is 222 Å². The Kier molecular flexibility index (Phi) is 10.6. The van der Waals surface area contributed by atoms with Crippen molar-refractivity contribution in [3.63, 3.8) is 0 Å². The van der Waals surface area contributed by atoms with Crippen LogP contribution in [0.4, 0.5) is 17.1 Å². The first-order valence-electron chi connectivity index (χ1n) is 23.0. The first-order chi connectivity index (χ1) is 30.0. The molecule has 9 rings (SSSR count). The van der Waals surface area contributed by atoms with Gasteiger partial charge in [-0.15, -0.1) is 0 Å². The number of nitrogens with one attached hydrogen (secondary N) is 1. The summed E-state index contributed by atoms with van der Waals surface area (Å²) < 4.78 is 0. The molecule has 1 heterocycles. The van der Waals surface area contributed by atoms with Crippen LogP contribution >= 0.6 is 0 Å². The van der Waals surface area contributed by atoms with Gasteiger partial charge in [-0.25, -0.2) is 0 Å². The van der Waals surface area contributed by atoms with Crippen LogP contribution in [-0.2, 0) is 16.2 Å². The van der Waals surface area contributed by atoms with Crippen molar-refractivity contribution < 1.29 is 0 Å². The second-order valence-corrected chi connectivity index (χ2v) is 20.5. The maximum Gasteiger partial charge on any atom is 0.192 e. The summed E-state index contributed by atoms with van der Waals surface area (Å²) in [5.74, 6) is 0. The average Bonchev–Trinajstić information content (AvgIpc) is 3.48. The van der Waals surface area contributed by atoms with Crippen molar-refractivity contribution in [2.24, 2.45) is 0 Å². The average molecular weight is 819 g/mol. The Morgan fingerprint density at radius 1 is 0.683 bits per heavy atom. The summed E-state index contributed by atoms with van der Waals surface area (Å²) in [6.45, 7) is 25.5. The van der Waals surface area contributed by atoms with Crippen LogP contribution in [0.3, 0.4) is 0 Å². The molecule has 2 nitrogen and oxygen atoms in total. The second-order valence-electron chi connectivity index (χ2n) is 20.5. The molecule has 2 aliphatic carbocycles. The summed E-state index contributed by atoms with van der Waals surface area (Å²) >= 11 is 0. The molecule has 312 valence electrons. The van der Waals surface area contributed by atoms with Gasteiger partial charge in [0.25, 0.3) is 0 Å². The Labute approximate surface area is 380 Å². The van der Waals surface area contributed by atoms with E-state index >= 15 is 0 Å². The molecule has 6 aromatic carbocycles. The zero-order valence-corrected chi connectivity index (χ0v) is 39.5. The lowest BCUT2D eigenvalue weighted by Crippen LogP contribution is -2.35. The molecule has 0 fully saturated rings. The molecule has 0 bridgehead atoms. The topological polar surface area (TPSA) is 15.3 Å². The summed E-state index contributed by atoms with van der Waals surface area (Å²) in [6, 6.07) is 41.7. The van der Waals surface area contributed by atoms with E-state index in [1.165, 1.54) is 124 Å². The molecule has 3 aliphatic rings. The molecule has 1 N–H and O–H groups in total. The number of allylic oxidation sites excluding steroid dienone is 5. The molecule has 0 radical (unpaired) electrons. The molecule has 63 heavy (non-hydrogen) atoms. The Bertz CT molecular complexity index is 2940. The van der Waals surface area contributed by atoms with Crippen molar-refractivity contribution in [3.8, 4) is 33.4 Å². The first-order valence-corrected chi connectivity index (χ1v) is 23.0. The van der Waals surface area contributed by atoms with Crippen molar-refractivity contribution in [1.82, 2.24) is 0 Å². The lowest BCUT2D eigenvalue weighted by atomic mass is 9.57. The number of nitrogens with zero attached hydrogens (tertiary/aromatic N) is 1. The molecule has 0 saturated heterocycles. The molecule has 6 aromatic rings. The van der Waals surface area contributed by atoms with Crippen molar-refractivity contribution in [1.29, 1.82) is 0 Å². The van der Waals surface area contributed by atoms with Gasteiger partial charge in [-0.05, 0) is 118 Å². The Morgan fingerprint density at radius 2 is 1.38 bits per heavy atom. The smallest absolute Gasteiger partial charge is 0.192 e. The van der Waals surface area contributed by atoms with Gasteiger partial charge in [0.2, 0.25) is 0 Å². The van der Waals surface area contributed by atoms with Crippen LogP contribution in [0.25, 0.3) is 39.1 Å². The number of hydrogen-bond acceptors (Lipinski definition) is 2. The van der Waals surface area contributed by atoms with Gasteiger partial charge in [0.05, 0.1) is 11.4 Å². The Morgan fingerprint density at radius 3 is 2.10 bits per heavy atom. The van der Waals surface area contributed by atoms with Gasteiger partial charge in [0.15, 0.2) is 7.28 Å². The molecule has 5 heteroatoms. The minimum Gasteiger partial charge on any atom is -0.361 e. The van der Waals surface area contributed by atoms with Gasteiger partial charge in [-0.1, -0.05) is 174 Å². The number of hydrogen-bond donors (Lipinski definition) is 1. The van der Waals surface area contributed by atoms with Crippen LogP contribution in [0.5, 0.6) is 0 Å². The van der Waals surface area contributed by atoms with Gasteiger partial charge in [-0.2, -0.15) is 0 Å². The fraction of sp³-hybridized carbons (Fsp3) is 0.241. The van der Waals surface area contributed by atoms with E-state index in [1.54, 1.807) is 0 Å². The number of fused-ring (bicyclic) bond motifs is 5. The van der Waals surface area contributed by atoms with Gasteiger partial charge in [0.1, 0.15) is 15.7 Å². The van der Waals surface area contributed by atoms with E-state index in [0.29, 0.717) is 0 Å². The molecular formula is C58H61B3N2. The fourth-order valence-corrected chi connectivity index (χ4v) is 11.0. The van der Waals surface area contributed by atoms with Gasteiger partial charge in [0, 0.05) is 45.3 Å². The largest absolute Gasteiger partial charge is 0.361 e. The SMILES string of the molecule is BC(/C=C\Nc1c(-c2cc(C)cc3c2BC(C)=C(c2ccccc2C)N3c2ccc(B)cc2-c2ccccc2)ccc2c1-c1cc3c(cc1C2(C)C)C(C)(C)CCC3(C)C)=C/C=C. The van der Waals surface area contributed by atoms with Crippen LogP contribution in [-0.4, -0.2) is 23.0 Å². The maximum atomic E-state index is 3.98. The monoisotopic (exact) mass is 819 g/mol. The molecule has 0 spiro atoms. The molecule has 0 amide bonds. The number of benzene rings is 6. The number of anilines is 3. The zero-order valence-electron chi connectivity index (χ0n) is 39.5. The van der Waals surface area contributed by atoms with Crippen LogP contribution < -0.4 is 21.1 Å². The highest BCUT2D eigenvalue weighted by Gasteiger charge is 2.44. The van der Waals surface area contributed by atoms with E-state index in [0.717, 1.165) is 12.8 Å². The maximum absolute atomic E-state index is 3.98. The summed E-state index contributed by atoms with van der Waals surface area (Å²) in [7, 11) is 5.17. The van der Waals surface area contributed by atoms with Crippen LogP contribution in [0.2, 0.25) is 0 Å². The minimum atomic E-state index is -0.168. The highest BCUT2D eigenvalue weighted by molar-refractivity contribution is 6.67. The van der Waals surface area contributed by atoms with Crippen molar-refractivity contribution >= 4 is 56.7 Å². The first kappa shape index (κ1) is 42.4. The minimum absolute atomic E-state index is 0.0941. The highest BCUT2D eigenvalue weighted by Crippen LogP contribution is 2.58. The number of aryl methyl sites for hydroxylation is 2. The molecule has 0 saturated carbocycles. The summed E-state index contributed by atoms with van der Waals surface area (Å²) in [5, 5.41) is 3.98. The predicted octanol–water partition coefficient (Wildman–Crippen LogP) is 11.8. The quantitative estimate of drug-likeness (QED) is 0.122. The van der Waals surface area contributed by atoms with E-state index in [-0.39, 0.29) is 16.2 Å². The summed E-state index contributed by atoms with van der Waals surface area (Å²) in [4.78, 5) is 2.59. The zero-order chi connectivity index (χ0) is 44.6. The van der Waals surface area contributed by atoms with Crippen molar-refractivity contribution in [2.75, 3.05) is 10.2 Å². The lowest BCUT2D eigenvalue weighted by Gasteiger charge is -2.42. The van der Waals surface area contributed by atoms with Crippen molar-refractivity contribution in [3.05, 3.63) is 190 Å². The van der Waals surface area contributed by atoms with Crippen LogP contribution in [0, 0.1) is 13.8 Å². The Hall–Kier alpha value is -5.93. The standard InChI is InChI=1S/C58H61B3N2/c1-11-17-39(59)26-29-62-54-42(23-24-46-52(54)45-33-48-49(34-47(45)58(46,9)10)57(7,8)28-27-56(48,5)6)44-30-35(2)31-51-53(44)61-37(4)55(41-21-16-15-18-36(41)3)63(51)50-25-22-40(60)32-43(50)38-19-13-12-14-20-38/h11-26,29-34,61-62H,1,27-28,59-60H2,2-10H3/b29-26-,39-17+. The van der Waals surface area contributed by atoms with Crippen molar-refractivity contribution in [2.45, 2.75) is 91.4 Å². The van der Waals surface area contributed by atoms with E-state index in [4.69, 9.17) is 0 Å². The second kappa shape index (κ2) is 15.7. The Balaban J connectivity index is 1.34. The molecule has 0 atom stereocenters. The van der Waals surface area contributed by atoms with Gasteiger partial charge >= 0.3 is 0 Å². The third-order valence-electron chi connectivity index (χ3n) is 14.6. The molecule has 0 aromatic heterocycles. The van der Waals surface area contributed by atoms with Gasteiger partial charge < -0.3 is 10.2 Å². The third-order valence-corrected chi connectivity index (χ3v) is 14.6. The predicted molar refractivity (Wildman–Crippen MR) is 282 cm³/mol. The third kappa shape index (κ3) is 7.18. The van der Waals surface area contributed by atoms with Crippen LogP contribution in [0.15, 0.2) is 151 Å². The fourth-order valence-electron chi connectivity index (χ4n) is 11.0. The normalized spacial score (nSPS) is 16.8. The van der Waals surface area contributed by atoms with E-state index in [1.807, 2.05) is 6.08 Å².